The molecule has 108 valence electrons. The summed E-state index contributed by atoms with van der Waals surface area (Å²) in [5, 5.41) is 9.53. The Morgan fingerprint density at radius 3 is 1.72 bits per heavy atom. The molecule has 0 spiro atoms. The van der Waals surface area contributed by atoms with Gasteiger partial charge in [0.05, 0.1) is 0 Å². The first-order valence-corrected chi connectivity index (χ1v) is 4.48. The van der Waals surface area contributed by atoms with Crippen LogP contribution in [0.2, 0.25) is 0 Å². The molecular weight excluding hydrogens is 272 g/mol. The van der Waals surface area contributed by atoms with E-state index in [9.17, 15) is 31.3 Å². The van der Waals surface area contributed by atoms with E-state index in [-0.39, 0.29) is 0 Å². The summed E-state index contributed by atoms with van der Waals surface area (Å²) in [5.74, 6) is -13.8. The molecular formula is C8H11F6NO3. The molecule has 10 heteroatoms. The van der Waals surface area contributed by atoms with Gasteiger partial charge in [-0.15, -0.1) is 4.94 Å². The Morgan fingerprint density at radius 1 is 1.11 bits per heavy atom. The summed E-state index contributed by atoms with van der Waals surface area (Å²) < 4.78 is 76.2. The Balaban J connectivity index is 5.69. The molecule has 1 unspecified atom stereocenters. The fraction of sp³-hybridized carbons (Fsp3) is 0.875. The van der Waals surface area contributed by atoms with Crippen LogP contribution in [0, 0.1) is 0 Å². The standard InChI is InChI=1S/C8H11F6NO3/c1-5(2,3)15-6(9,4(16)17)7(10,11)8(12,13)18-14/h15H,1-3H3,(H,16,17). The van der Waals surface area contributed by atoms with Crippen molar-refractivity contribution in [2.75, 3.05) is 0 Å². The van der Waals surface area contributed by atoms with Crippen LogP contribution in [0.15, 0.2) is 0 Å². The highest BCUT2D eigenvalue weighted by molar-refractivity contribution is 5.78. The third-order valence-corrected chi connectivity index (χ3v) is 1.74. The zero-order chi connectivity index (χ0) is 15.0. The second kappa shape index (κ2) is 4.57. The van der Waals surface area contributed by atoms with Crippen molar-refractivity contribution in [1.29, 1.82) is 0 Å². The SMILES string of the molecule is CC(C)(C)NC(F)(C(=O)O)C(F)(F)C(F)(F)OF. The number of alkyl halides is 5. The number of nitrogens with one attached hydrogen (secondary N) is 1. The number of hydrogen-bond donors (Lipinski definition) is 2. The van der Waals surface area contributed by atoms with Gasteiger partial charge in [0.25, 0.3) is 0 Å². The highest BCUT2D eigenvalue weighted by Crippen LogP contribution is 2.45. The van der Waals surface area contributed by atoms with Crippen molar-refractivity contribution < 1.29 is 41.3 Å². The van der Waals surface area contributed by atoms with Gasteiger partial charge in [-0.25, -0.2) is 9.18 Å². The highest BCUT2D eigenvalue weighted by Gasteiger charge is 2.77. The van der Waals surface area contributed by atoms with E-state index in [1.165, 1.54) is 5.32 Å². The molecule has 1 atom stereocenters. The van der Waals surface area contributed by atoms with E-state index in [2.05, 4.69) is 0 Å². The molecule has 0 aromatic heterocycles. The van der Waals surface area contributed by atoms with E-state index < -0.39 is 29.3 Å². The summed E-state index contributed by atoms with van der Waals surface area (Å²) in [5.41, 5.74) is -1.61. The average molecular weight is 283 g/mol. The molecule has 0 heterocycles. The molecule has 0 aromatic rings. The van der Waals surface area contributed by atoms with Crippen molar-refractivity contribution in [2.45, 2.75) is 44.1 Å². The van der Waals surface area contributed by atoms with Gasteiger partial charge in [-0.05, 0) is 25.3 Å². The predicted molar refractivity (Wildman–Crippen MR) is 46.5 cm³/mol. The second-order valence-corrected chi connectivity index (χ2v) is 4.51. The smallest absolute Gasteiger partial charge is 0.454 e. The third kappa shape index (κ3) is 2.86. The lowest BCUT2D eigenvalue weighted by Crippen LogP contribution is -2.70. The molecule has 0 radical (unpaired) electrons. The van der Waals surface area contributed by atoms with Gasteiger partial charge in [0.1, 0.15) is 0 Å². The van der Waals surface area contributed by atoms with Gasteiger partial charge >= 0.3 is 23.8 Å². The van der Waals surface area contributed by atoms with Crippen molar-refractivity contribution >= 4 is 5.97 Å². The summed E-state index contributed by atoms with van der Waals surface area (Å²) in [7, 11) is 0. The molecule has 18 heavy (non-hydrogen) atoms. The van der Waals surface area contributed by atoms with E-state index in [1.807, 2.05) is 0 Å². The van der Waals surface area contributed by atoms with Crippen LogP contribution in [0.3, 0.4) is 0 Å². The summed E-state index contributed by atoms with van der Waals surface area (Å²) in [4.78, 5) is 12.2. The molecule has 0 aliphatic heterocycles. The van der Waals surface area contributed by atoms with Crippen LogP contribution in [0.4, 0.5) is 26.5 Å². The Bertz CT molecular complexity index is 329. The van der Waals surface area contributed by atoms with E-state index in [4.69, 9.17) is 5.11 Å². The van der Waals surface area contributed by atoms with Gasteiger partial charge in [-0.1, -0.05) is 0 Å². The molecule has 0 bridgehead atoms. The van der Waals surface area contributed by atoms with Crippen molar-refractivity contribution in [3.05, 3.63) is 0 Å². The lowest BCUT2D eigenvalue weighted by Gasteiger charge is -2.37. The van der Waals surface area contributed by atoms with Crippen LogP contribution in [0.25, 0.3) is 0 Å². The average Bonchev–Trinajstić information content (AvgIpc) is 2.14. The topological polar surface area (TPSA) is 58.6 Å². The Labute approximate surface area is 97.8 Å². The zero-order valence-electron chi connectivity index (χ0n) is 9.53. The number of carbonyl (C=O) groups is 1. The maximum Gasteiger partial charge on any atom is 0.454 e. The van der Waals surface area contributed by atoms with E-state index in [0.717, 1.165) is 20.8 Å². The van der Waals surface area contributed by atoms with Crippen molar-refractivity contribution in [3.8, 4) is 0 Å². The maximum absolute atomic E-state index is 13.7. The predicted octanol–water partition coefficient (Wildman–Crippen LogP) is 2.25. The van der Waals surface area contributed by atoms with Crippen molar-refractivity contribution in [3.63, 3.8) is 0 Å². The van der Waals surface area contributed by atoms with Crippen molar-refractivity contribution in [2.24, 2.45) is 0 Å². The number of carboxylic acids is 1. The van der Waals surface area contributed by atoms with Gasteiger partial charge in [-0.2, -0.15) is 17.6 Å². The van der Waals surface area contributed by atoms with Crippen LogP contribution in [0.5, 0.6) is 0 Å². The van der Waals surface area contributed by atoms with E-state index >= 15 is 0 Å². The summed E-state index contributed by atoms with van der Waals surface area (Å²) in [6, 6.07) is 0. The highest BCUT2D eigenvalue weighted by atomic mass is 19.4. The zero-order valence-corrected chi connectivity index (χ0v) is 9.53. The van der Waals surface area contributed by atoms with Gasteiger partial charge in [-0.3, -0.25) is 5.32 Å². The lowest BCUT2D eigenvalue weighted by atomic mass is 10.0. The molecule has 0 aromatic carbocycles. The van der Waals surface area contributed by atoms with E-state index in [1.54, 1.807) is 4.94 Å². The van der Waals surface area contributed by atoms with Gasteiger partial charge in [0.15, 0.2) is 0 Å². The fourth-order valence-corrected chi connectivity index (χ4v) is 1.03. The van der Waals surface area contributed by atoms with Gasteiger partial charge in [0, 0.05) is 5.54 Å². The quantitative estimate of drug-likeness (QED) is 0.600. The monoisotopic (exact) mass is 283 g/mol. The van der Waals surface area contributed by atoms with Crippen LogP contribution in [-0.2, 0) is 9.74 Å². The lowest BCUT2D eigenvalue weighted by molar-refractivity contribution is -0.443. The minimum absolute atomic E-state index is 1.05. The summed E-state index contributed by atoms with van der Waals surface area (Å²) >= 11 is 0. The second-order valence-electron chi connectivity index (χ2n) is 4.51. The molecule has 0 saturated heterocycles. The van der Waals surface area contributed by atoms with Gasteiger partial charge < -0.3 is 5.11 Å². The fourth-order valence-electron chi connectivity index (χ4n) is 1.03. The number of halogens is 6. The number of rotatable bonds is 5. The van der Waals surface area contributed by atoms with Crippen LogP contribution in [0.1, 0.15) is 20.8 Å². The normalized spacial score (nSPS) is 17.4. The van der Waals surface area contributed by atoms with E-state index in [0.29, 0.717) is 0 Å². The molecule has 0 amide bonds. The number of hydrogen-bond acceptors (Lipinski definition) is 3. The minimum atomic E-state index is -5.98. The number of carboxylic acid groups (broad SMARTS) is 1. The first-order chi connectivity index (χ1) is 7.71. The van der Waals surface area contributed by atoms with Gasteiger partial charge in [0.2, 0.25) is 0 Å². The molecule has 0 rings (SSSR count). The Morgan fingerprint density at radius 2 is 1.50 bits per heavy atom. The molecule has 2 N–H and O–H groups in total. The molecule has 4 nitrogen and oxygen atoms in total. The third-order valence-electron chi connectivity index (χ3n) is 1.74. The molecule has 0 saturated carbocycles. The summed E-state index contributed by atoms with van der Waals surface area (Å²) in [6.45, 7) is 3.15. The largest absolute Gasteiger partial charge is 0.478 e. The van der Waals surface area contributed by atoms with Crippen LogP contribution >= 0.6 is 0 Å². The van der Waals surface area contributed by atoms with Crippen molar-refractivity contribution in [1.82, 2.24) is 5.32 Å². The molecule has 0 fully saturated rings. The summed E-state index contributed by atoms with van der Waals surface area (Å²) in [6.07, 6.45) is -5.95. The van der Waals surface area contributed by atoms with Crippen LogP contribution in [-0.4, -0.2) is 34.4 Å². The maximum atomic E-state index is 13.7. The minimum Gasteiger partial charge on any atom is -0.478 e. The Kier molecular flexibility index (Phi) is 4.31. The number of aliphatic carboxylic acids is 1. The molecule has 0 aliphatic rings. The first kappa shape index (κ1) is 17.0. The first-order valence-electron chi connectivity index (χ1n) is 4.48. The van der Waals surface area contributed by atoms with Crippen LogP contribution < -0.4 is 5.32 Å². The molecule has 0 aliphatic carbocycles. The Hall–Kier alpha value is -1.03.